The van der Waals surface area contributed by atoms with E-state index in [1.54, 1.807) is 0 Å². The first-order valence-electron chi connectivity index (χ1n) is 6.73. The SMILES string of the molecule is CC.CNCC1COCCN1c1ccc(C)nc1. The summed E-state index contributed by atoms with van der Waals surface area (Å²) in [5.74, 6) is 0. The zero-order valence-electron chi connectivity index (χ0n) is 11.9. The molecular weight excluding hydrogens is 226 g/mol. The van der Waals surface area contributed by atoms with E-state index in [9.17, 15) is 0 Å². The van der Waals surface area contributed by atoms with Crippen LogP contribution in [0.15, 0.2) is 18.3 Å². The highest BCUT2D eigenvalue weighted by Crippen LogP contribution is 2.18. The second kappa shape index (κ2) is 8.06. The molecule has 1 aliphatic rings. The molecule has 1 fully saturated rings. The molecule has 2 rings (SSSR count). The van der Waals surface area contributed by atoms with Gasteiger partial charge in [0.25, 0.3) is 0 Å². The van der Waals surface area contributed by atoms with Crippen LogP contribution in [0.1, 0.15) is 19.5 Å². The Bertz CT molecular complexity index is 324. The van der Waals surface area contributed by atoms with Gasteiger partial charge >= 0.3 is 0 Å². The second-order valence-corrected chi connectivity index (χ2v) is 4.14. The number of aromatic nitrogens is 1. The Morgan fingerprint density at radius 3 is 2.83 bits per heavy atom. The van der Waals surface area contributed by atoms with Gasteiger partial charge in [-0.1, -0.05) is 13.8 Å². The molecule has 1 saturated heterocycles. The van der Waals surface area contributed by atoms with Gasteiger partial charge in [-0.2, -0.15) is 0 Å². The molecule has 1 N–H and O–H groups in total. The number of hydrogen-bond acceptors (Lipinski definition) is 4. The van der Waals surface area contributed by atoms with Crippen molar-refractivity contribution in [1.29, 1.82) is 0 Å². The molecule has 1 aromatic rings. The lowest BCUT2D eigenvalue weighted by molar-refractivity contribution is 0.0943. The van der Waals surface area contributed by atoms with Crippen molar-refractivity contribution in [3.05, 3.63) is 24.0 Å². The smallest absolute Gasteiger partial charge is 0.0683 e. The number of hydrogen-bond donors (Lipinski definition) is 1. The van der Waals surface area contributed by atoms with Crippen molar-refractivity contribution >= 4 is 5.69 Å². The summed E-state index contributed by atoms with van der Waals surface area (Å²) in [7, 11) is 1.97. The van der Waals surface area contributed by atoms with Crippen LogP contribution >= 0.6 is 0 Å². The molecule has 4 heteroatoms. The molecule has 0 aromatic carbocycles. The summed E-state index contributed by atoms with van der Waals surface area (Å²) in [6.45, 7) is 9.47. The van der Waals surface area contributed by atoms with Crippen LogP contribution < -0.4 is 10.2 Å². The average Bonchev–Trinajstić information content (AvgIpc) is 2.43. The van der Waals surface area contributed by atoms with Gasteiger partial charge in [0.15, 0.2) is 0 Å². The number of morpholine rings is 1. The minimum Gasteiger partial charge on any atom is -0.377 e. The normalized spacial score (nSPS) is 19.1. The Labute approximate surface area is 110 Å². The first-order chi connectivity index (χ1) is 8.81. The van der Waals surface area contributed by atoms with Gasteiger partial charge < -0.3 is 15.0 Å². The molecule has 18 heavy (non-hydrogen) atoms. The van der Waals surface area contributed by atoms with Crippen molar-refractivity contribution in [3.8, 4) is 0 Å². The molecule has 102 valence electrons. The van der Waals surface area contributed by atoms with Crippen LogP contribution in [0, 0.1) is 6.92 Å². The fourth-order valence-corrected chi connectivity index (χ4v) is 2.03. The maximum atomic E-state index is 5.51. The van der Waals surface area contributed by atoms with Gasteiger partial charge in [-0.3, -0.25) is 4.98 Å². The molecule has 2 heterocycles. The number of rotatable bonds is 3. The third-order valence-electron chi connectivity index (χ3n) is 2.89. The van der Waals surface area contributed by atoms with Gasteiger partial charge in [-0.25, -0.2) is 0 Å². The zero-order chi connectivity index (χ0) is 13.4. The molecule has 0 bridgehead atoms. The fourth-order valence-electron chi connectivity index (χ4n) is 2.03. The van der Waals surface area contributed by atoms with Gasteiger partial charge in [0, 0.05) is 18.8 Å². The molecule has 1 aromatic heterocycles. The van der Waals surface area contributed by atoms with E-state index in [2.05, 4.69) is 27.3 Å². The Morgan fingerprint density at radius 2 is 2.22 bits per heavy atom. The standard InChI is InChI=1S/C12H19N3O.C2H6/c1-10-3-4-11(8-14-10)15-5-6-16-9-12(15)7-13-2;1-2/h3-4,8,12-13H,5-7,9H2,1-2H3;1-2H3. The molecule has 0 radical (unpaired) electrons. The van der Waals surface area contributed by atoms with E-state index in [0.717, 1.165) is 32.0 Å². The van der Waals surface area contributed by atoms with Crippen LogP contribution in [0.4, 0.5) is 5.69 Å². The molecule has 4 nitrogen and oxygen atoms in total. The second-order valence-electron chi connectivity index (χ2n) is 4.14. The van der Waals surface area contributed by atoms with E-state index < -0.39 is 0 Å². The van der Waals surface area contributed by atoms with Crippen molar-refractivity contribution < 1.29 is 4.74 Å². The summed E-state index contributed by atoms with van der Waals surface area (Å²) < 4.78 is 5.51. The number of pyridine rings is 1. The van der Waals surface area contributed by atoms with Crippen molar-refractivity contribution in [2.24, 2.45) is 0 Å². The largest absolute Gasteiger partial charge is 0.377 e. The lowest BCUT2D eigenvalue weighted by Gasteiger charge is -2.37. The van der Waals surface area contributed by atoms with Gasteiger partial charge in [0.05, 0.1) is 31.1 Å². The number of ether oxygens (including phenoxy) is 1. The number of aryl methyl sites for hydroxylation is 1. The first kappa shape index (κ1) is 14.9. The Kier molecular flexibility index (Phi) is 6.68. The maximum absolute atomic E-state index is 5.51. The predicted octanol–water partition coefficient (Wildman–Crippen LogP) is 1.84. The molecule has 1 aliphatic heterocycles. The molecule has 0 spiro atoms. The average molecular weight is 251 g/mol. The monoisotopic (exact) mass is 251 g/mol. The van der Waals surface area contributed by atoms with Crippen molar-refractivity contribution in [1.82, 2.24) is 10.3 Å². The Balaban J connectivity index is 0.000000771. The lowest BCUT2D eigenvalue weighted by Crippen LogP contribution is -2.50. The first-order valence-corrected chi connectivity index (χ1v) is 6.73. The number of nitrogens with one attached hydrogen (secondary N) is 1. The third-order valence-corrected chi connectivity index (χ3v) is 2.89. The summed E-state index contributed by atoms with van der Waals surface area (Å²) >= 11 is 0. The lowest BCUT2D eigenvalue weighted by atomic mass is 10.2. The van der Waals surface area contributed by atoms with Crippen molar-refractivity contribution in [2.75, 3.05) is 38.3 Å². The van der Waals surface area contributed by atoms with Crippen molar-refractivity contribution in [2.45, 2.75) is 26.8 Å². The summed E-state index contributed by atoms with van der Waals surface area (Å²) in [5, 5.41) is 3.21. The number of likely N-dealkylation sites (N-methyl/N-ethyl adjacent to an activating group) is 1. The van der Waals surface area contributed by atoms with E-state index in [1.807, 2.05) is 34.0 Å². The summed E-state index contributed by atoms with van der Waals surface area (Å²) in [6, 6.07) is 4.60. The molecule has 1 unspecified atom stereocenters. The highest BCUT2D eigenvalue weighted by Gasteiger charge is 2.22. The van der Waals surface area contributed by atoms with Gasteiger partial charge in [0.1, 0.15) is 0 Å². The van der Waals surface area contributed by atoms with E-state index in [1.165, 1.54) is 5.69 Å². The van der Waals surface area contributed by atoms with Crippen molar-refractivity contribution in [3.63, 3.8) is 0 Å². The summed E-state index contributed by atoms with van der Waals surface area (Å²) in [4.78, 5) is 6.71. The molecule has 0 aliphatic carbocycles. The van der Waals surface area contributed by atoms with Gasteiger partial charge in [-0.15, -0.1) is 0 Å². The van der Waals surface area contributed by atoms with E-state index in [4.69, 9.17) is 4.74 Å². The van der Waals surface area contributed by atoms with E-state index in [-0.39, 0.29) is 0 Å². The number of nitrogens with zero attached hydrogens (tertiary/aromatic N) is 2. The van der Waals surface area contributed by atoms with Gasteiger partial charge in [0.2, 0.25) is 0 Å². The van der Waals surface area contributed by atoms with Crippen LogP contribution in [-0.4, -0.2) is 44.4 Å². The third kappa shape index (κ3) is 3.96. The highest BCUT2D eigenvalue weighted by atomic mass is 16.5. The minimum absolute atomic E-state index is 0.406. The van der Waals surface area contributed by atoms with Gasteiger partial charge in [-0.05, 0) is 26.1 Å². The quantitative estimate of drug-likeness (QED) is 0.889. The van der Waals surface area contributed by atoms with Crippen LogP contribution in [-0.2, 0) is 4.74 Å². The highest BCUT2D eigenvalue weighted by molar-refractivity contribution is 5.46. The molecule has 0 saturated carbocycles. The van der Waals surface area contributed by atoms with Crippen LogP contribution in [0.3, 0.4) is 0 Å². The maximum Gasteiger partial charge on any atom is 0.0683 e. The minimum atomic E-state index is 0.406. The van der Waals surface area contributed by atoms with E-state index in [0.29, 0.717) is 6.04 Å². The Morgan fingerprint density at radius 1 is 1.44 bits per heavy atom. The van der Waals surface area contributed by atoms with Crippen LogP contribution in [0.25, 0.3) is 0 Å². The Hall–Kier alpha value is -1.13. The fraction of sp³-hybridized carbons (Fsp3) is 0.643. The zero-order valence-corrected chi connectivity index (χ0v) is 11.9. The molecular formula is C14H25N3O. The van der Waals surface area contributed by atoms with Crippen LogP contribution in [0.5, 0.6) is 0 Å². The number of anilines is 1. The molecule has 0 amide bonds. The topological polar surface area (TPSA) is 37.4 Å². The summed E-state index contributed by atoms with van der Waals surface area (Å²) in [6.07, 6.45) is 1.95. The summed E-state index contributed by atoms with van der Waals surface area (Å²) in [5.41, 5.74) is 2.25. The van der Waals surface area contributed by atoms with E-state index >= 15 is 0 Å². The molecule has 1 atom stereocenters. The van der Waals surface area contributed by atoms with Crippen LogP contribution in [0.2, 0.25) is 0 Å². The predicted molar refractivity (Wildman–Crippen MR) is 76.2 cm³/mol.